The van der Waals surface area contributed by atoms with E-state index in [9.17, 15) is 9.59 Å². The number of hydrogen-bond acceptors (Lipinski definition) is 5. The van der Waals surface area contributed by atoms with Crippen LogP contribution in [-0.2, 0) is 11.2 Å². The Hall–Kier alpha value is -1.70. The number of rotatable bonds is 4. The van der Waals surface area contributed by atoms with Crippen molar-refractivity contribution in [1.29, 1.82) is 0 Å². The first-order valence-electron chi connectivity index (χ1n) is 7.60. The first-order chi connectivity index (χ1) is 10.5. The van der Waals surface area contributed by atoms with Gasteiger partial charge in [0.2, 0.25) is 11.0 Å². The van der Waals surface area contributed by atoms with Gasteiger partial charge in [-0.15, -0.1) is 10.2 Å². The second-order valence-electron chi connectivity index (χ2n) is 5.70. The maximum atomic E-state index is 12.3. The molecule has 1 aliphatic rings. The van der Waals surface area contributed by atoms with E-state index in [1.165, 1.54) is 11.3 Å². The standard InChI is InChI=1S/C14H23N5O2S/c1-4-6-11-16-17-13(22-11)15-12(20)10-7-5-8-19(9-10)14(21)18(2)3/h10H,4-9H2,1-3H3,(H,15,17,20). The van der Waals surface area contributed by atoms with E-state index in [0.29, 0.717) is 18.2 Å². The SMILES string of the molecule is CCCc1nnc(NC(=O)C2CCCN(C(=O)N(C)C)C2)s1. The van der Waals surface area contributed by atoms with Crippen LogP contribution in [0.2, 0.25) is 0 Å². The maximum absolute atomic E-state index is 12.3. The molecule has 1 aromatic rings. The molecule has 1 unspecified atom stereocenters. The van der Waals surface area contributed by atoms with E-state index in [1.54, 1.807) is 23.9 Å². The minimum atomic E-state index is -0.184. The van der Waals surface area contributed by atoms with Crippen LogP contribution in [0.4, 0.5) is 9.93 Å². The average Bonchev–Trinajstić information content (AvgIpc) is 2.94. The number of nitrogens with one attached hydrogen (secondary N) is 1. The molecular weight excluding hydrogens is 302 g/mol. The van der Waals surface area contributed by atoms with Gasteiger partial charge in [0.1, 0.15) is 5.01 Å². The summed E-state index contributed by atoms with van der Waals surface area (Å²) in [7, 11) is 3.45. The monoisotopic (exact) mass is 325 g/mol. The molecule has 2 heterocycles. The Morgan fingerprint density at radius 1 is 1.41 bits per heavy atom. The Kier molecular flexibility index (Phi) is 5.70. The smallest absolute Gasteiger partial charge is 0.319 e. The highest BCUT2D eigenvalue weighted by Crippen LogP contribution is 2.21. The summed E-state index contributed by atoms with van der Waals surface area (Å²) in [4.78, 5) is 27.6. The zero-order valence-electron chi connectivity index (χ0n) is 13.3. The molecule has 7 nitrogen and oxygen atoms in total. The quantitative estimate of drug-likeness (QED) is 0.916. The number of likely N-dealkylation sites (tertiary alicyclic amines) is 1. The van der Waals surface area contributed by atoms with E-state index in [2.05, 4.69) is 22.4 Å². The van der Waals surface area contributed by atoms with E-state index in [0.717, 1.165) is 30.7 Å². The van der Waals surface area contributed by atoms with E-state index in [-0.39, 0.29) is 17.9 Å². The third-order valence-electron chi connectivity index (χ3n) is 3.61. The van der Waals surface area contributed by atoms with E-state index >= 15 is 0 Å². The molecule has 0 aliphatic carbocycles. The second kappa shape index (κ2) is 7.53. The Morgan fingerprint density at radius 2 is 2.18 bits per heavy atom. The number of aromatic nitrogens is 2. The highest BCUT2D eigenvalue weighted by molar-refractivity contribution is 7.15. The lowest BCUT2D eigenvalue weighted by molar-refractivity contribution is -0.121. The minimum Gasteiger partial charge on any atom is -0.331 e. The molecule has 22 heavy (non-hydrogen) atoms. The van der Waals surface area contributed by atoms with Crippen LogP contribution in [0.25, 0.3) is 0 Å². The molecule has 0 radical (unpaired) electrons. The fourth-order valence-corrected chi connectivity index (χ4v) is 3.32. The third-order valence-corrected chi connectivity index (χ3v) is 4.50. The molecule has 1 aliphatic heterocycles. The predicted molar refractivity (Wildman–Crippen MR) is 85.9 cm³/mol. The lowest BCUT2D eigenvalue weighted by Crippen LogP contribution is -2.47. The highest BCUT2D eigenvalue weighted by atomic mass is 32.1. The fourth-order valence-electron chi connectivity index (χ4n) is 2.47. The summed E-state index contributed by atoms with van der Waals surface area (Å²) in [6.07, 6.45) is 3.52. The van der Waals surface area contributed by atoms with E-state index in [4.69, 9.17) is 0 Å². The van der Waals surface area contributed by atoms with Crippen molar-refractivity contribution in [3.05, 3.63) is 5.01 Å². The molecule has 1 aromatic heterocycles. The number of carbonyl (C=O) groups excluding carboxylic acids is 2. The van der Waals surface area contributed by atoms with Gasteiger partial charge in [-0.05, 0) is 19.3 Å². The summed E-state index contributed by atoms with van der Waals surface area (Å²) >= 11 is 1.42. The number of aryl methyl sites for hydroxylation is 1. The molecule has 1 N–H and O–H groups in total. The van der Waals surface area contributed by atoms with Crippen LogP contribution in [0.3, 0.4) is 0 Å². The number of amides is 3. The molecule has 0 bridgehead atoms. The molecule has 1 atom stereocenters. The van der Waals surface area contributed by atoms with Crippen LogP contribution in [-0.4, -0.2) is 59.1 Å². The molecule has 1 saturated heterocycles. The summed E-state index contributed by atoms with van der Waals surface area (Å²) in [5.74, 6) is -0.258. The zero-order valence-corrected chi connectivity index (χ0v) is 14.2. The number of piperidine rings is 1. The van der Waals surface area contributed by atoms with Gasteiger partial charge >= 0.3 is 6.03 Å². The molecule has 0 spiro atoms. The molecular formula is C14H23N5O2S. The van der Waals surface area contributed by atoms with Gasteiger partial charge in [-0.25, -0.2) is 4.79 Å². The van der Waals surface area contributed by atoms with Gasteiger partial charge in [-0.3, -0.25) is 4.79 Å². The number of carbonyl (C=O) groups is 2. The molecule has 8 heteroatoms. The van der Waals surface area contributed by atoms with Crippen molar-refractivity contribution < 1.29 is 9.59 Å². The Balaban J connectivity index is 1.92. The fraction of sp³-hybridized carbons (Fsp3) is 0.714. The maximum Gasteiger partial charge on any atom is 0.319 e. The lowest BCUT2D eigenvalue weighted by atomic mass is 9.97. The lowest BCUT2D eigenvalue weighted by Gasteiger charge is -2.33. The molecule has 0 saturated carbocycles. The highest BCUT2D eigenvalue weighted by Gasteiger charge is 2.29. The first-order valence-corrected chi connectivity index (χ1v) is 8.42. The topological polar surface area (TPSA) is 78.4 Å². The molecule has 2 rings (SSSR count). The molecule has 0 aromatic carbocycles. The number of hydrogen-bond donors (Lipinski definition) is 1. The summed E-state index contributed by atoms with van der Waals surface area (Å²) < 4.78 is 0. The van der Waals surface area contributed by atoms with Crippen LogP contribution >= 0.6 is 11.3 Å². The largest absolute Gasteiger partial charge is 0.331 e. The van der Waals surface area contributed by atoms with Crippen molar-refractivity contribution >= 4 is 28.4 Å². The van der Waals surface area contributed by atoms with Crippen molar-refractivity contribution in [3.63, 3.8) is 0 Å². The molecule has 122 valence electrons. The molecule has 1 fully saturated rings. The zero-order chi connectivity index (χ0) is 16.1. The third kappa shape index (κ3) is 4.16. The Bertz CT molecular complexity index is 531. The van der Waals surface area contributed by atoms with Crippen LogP contribution < -0.4 is 5.32 Å². The van der Waals surface area contributed by atoms with Gasteiger partial charge in [-0.1, -0.05) is 18.3 Å². The van der Waals surface area contributed by atoms with Gasteiger partial charge < -0.3 is 15.1 Å². The van der Waals surface area contributed by atoms with Crippen LogP contribution in [0.5, 0.6) is 0 Å². The van der Waals surface area contributed by atoms with Gasteiger partial charge in [0, 0.05) is 33.6 Å². The minimum absolute atomic E-state index is 0.0429. The van der Waals surface area contributed by atoms with Gasteiger partial charge in [0.15, 0.2) is 0 Å². The normalized spacial score (nSPS) is 18.1. The van der Waals surface area contributed by atoms with Gasteiger partial charge in [-0.2, -0.15) is 0 Å². The Labute approximate surface area is 134 Å². The van der Waals surface area contributed by atoms with Crippen molar-refractivity contribution in [2.45, 2.75) is 32.6 Å². The summed E-state index contributed by atoms with van der Waals surface area (Å²) in [5.41, 5.74) is 0. The number of anilines is 1. The number of nitrogens with zero attached hydrogens (tertiary/aromatic N) is 4. The van der Waals surface area contributed by atoms with E-state index in [1.807, 2.05) is 0 Å². The number of urea groups is 1. The first kappa shape index (κ1) is 16.7. The van der Waals surface area contributed by atoms with Gasteiger partial charge in [0.25, 0.3) is 0 Å². The van der Waals surface area contributed by atoms with Crippen molar-refractivity contribution in [3.8, 4) is 0 Å². The van der Waals surface area contributed by atoms with Crippen LogP contribution in [0.1, 0.15) is 31.2 Å². The van der Waals surface area contributed by atoms with Crippen molar-refractivity contribution in [2.75, 3.05) is 32.5 Å². The predicted octanol–water partition coefficient (Wildman–Crippen LogP) is 1.82. The van der Waals surface area contributed by atoms with E-state index < -0.39 is 0 Å². The average molecular weight is 325 g/mol. The summed E-state index contributed by atoms with van der Waals surface area (Å²) in [6, 6.07) is -0.0429. The summed E-state index contributed by atoms with van der Waals surface area (Å²) in [6.45, 7) is 3.25. The van der Waals surface area contributed by atoms with Crippen molar-refractivity contribution in [1.82, 2.24) is 20.0 Å². The van der Waals surface area contributed by atoms with Crippen LogP contribution in [0.15, 0.2) is 0 Å². The molecule has 3 amide bonds. The van der Waals surface area contributed by atoms with Crippen LogP contribution in [0, 0.1) is 5.92 Å². The van der Waals surface area contributed by atoms with Gasteiger partial charge in [0.05, 0.1) is 5.92 Å². The Morgan fingerprint density at radius 3 is 2.86 bits per heavy atom. The second-order valence-corrected chi connectivity index (χ2v) is 6.76. The summed E-state index contributed by atoms with van der Waals surface area (Å²) in [5, 5.41) is 12.4. The van der Waals surface area contributed by atoms with Crippen molar-refractivity contribution in [2.24, 2.45) is 5.92 Å².